The van der Waals surface area contributed by atoms with Gasteiger partial charge in [0.2, 0.25) is 5.91 Å². The van der Waals surface area contributed by atoms with Gasteiger partial charge in [0.05, 0.1) is 7.11 Å². The van der Waals surface area contributed by atoms with Crippen LogP contribution in [0.25, 0.3) is 0 Å². The van der Waals surface area contributed by atoms with Crippen molar-refractivity contribution in [1.82, 2.24) is 4.90 Å². The number of methoxy groups -OCH3 is 1. The third kappa shape index (κ3) is 2.05. The fourth-order valence-corrected chi connectivity index (χ4v) is 1.74. The second-order valence-corrected chi connectivity index (χ2v) is 3.87. The van der Waals surface area contributed by atoms with Crippen LogP contribution in [-0.2, 0) is 14.3 Å². The highest BCUT2D eigenvalue weighted by Gasteiger charge is 2.35. The van der Waals surface area contributed by atoms with Crippen molar-refractivity contribution >= 4 is 11.9 Å². The lowest BCUT2D eigenvalue weighted by Gasteiger charge is -2.24. The van der Waals surface area contributed by atoms with E-state index in [9.17, 15) is 9.59 Å². The molecule has 1 atom stereocenters. The van der Waals surface area contributed by atoms with Crippen LogP contribution in [0.3, 0.4) is 0 Å². The molecule has 4 heteroatoms. The Morgan fingerprint density at radius 3 is 2.57 bits per heavy atom. The van der Waals surface area contributed by atoms with E-state index in [1.807, 2.05) is 13.8 Å². The van der Waals surface area contributed by atoms with Crippen LogP contribution < -0.4 is 0 Å². The van der Waals surface area contributed by atoms with E-state index in [4.69, 9.17) is 0 Å². The molecule has 1 aliphatic rings. The molecule has 1 rings (SSSR count). The summed E-state index contributed by atoms with van der Waals surface area (Å²) >= 11 is 0. The zero-order valence-corrected chi connectivity index (χ0v) is 8.95. The smallest absolute Gasteiger partial charge is 0.328 e. The maximum Gasteiger partial charge on any atom is 0.328 e. The Hall–Kier alpha value is -1.06. The molecule has 14 heavy (non-hydrogen) atoms. The summed E-state index contributed by atoms with van der Waals surface area (Å²) in [7, 11) is 1.36. The average Bonchev–Trinajstić information content (AvgIpc) is 2.63. The Balaban J connectivity index is 2.68. The van der Waals surface area contributed by atoms with Crippen LogP contribution in [0.4, 0.5) is 0 Å². The van der Waals surface area contributed by atoms with Crippen molar-refractivity contribution in [2.45, 2.75) is 32.7 Å². The summed E-state index contributed by atoms with van der Waals surface area (Å²) in [6.45, 7) is 4.36. The fourth-order valence-electron chi connectivity index (χ4n) is 1.74. The molecule has 1 heterocycles. The maximum absolute atomic E-state index is 11.7. The number of amides is 1. The van der Waals surface area contributed by atoms with E-state index < -0.39 is 0 Å². The summed E-state index contributed by atoms with van der Waals surface area (Å²) in [5.41, 5.74) is 0. The molecule has 0 spiro atoms. The monoisotopic (exact) mass is 199 g/mol. The minimum Gasteiger partial charge on any atom is -0.467 e. The Morgan fingerprint density at radius 1 is 1.43 bits per heavy atom. The first kappa shape index (κ1) is 11.0. The van der Waals surface area contributed by atoms with E-state index in [0.717, 1.165) is 12.8 Å². The first-order chi connectivity index (χ1) is 6.57. The van der Waals surface area contributed by atoms with Crippen molar-refractivity contribution in [2.75, 3.05) is 13.7 Å². The topological polar surface area (TPSA) is 46.6 Å². The van der Waals surface area contributed by atoms with E-state index in [1.165, 1.54) is 7.11 Å². The van der Waals surface area contributed by atoms with Gasteiger partial charge in [-0.15, -0.1) is 0 Å². The molecule has 80 valence electrons. The highest BCUT2D eigenvalue weighted by atomic mass is 16.5. The van der Waals surface area contributed by atoms with Crippen LogP contribution in [0.1, 0.15) is 26.7 Å². The van der Waals surface area contributed by atoms with Crippen LogP contribution in [-0.4, -0.2) is 36.5 Å². The Morgan fingerprint density at radius 2 is 2.07 bits per heavy atom. The van der Waals surface area contributed by atoms with Gasteiger partial charge >= 0.3 is 5.97 Å². The lowest BCUT2D eigenvalue weighted by atomic mass is 10.1. The third-order valence-electron chi connectivity index (χ3n) is 2.50. The zero-order chi connectivity index (χ0) is 10.7. The number of hydrogen-bond donors (Lipinski definition) is 0. The van der Waals surface area contributed by atoms with Crippen molar-refractivity contribution in [3.63, 3.8) is 0 Å². The number of hydrogen-bond acceptors (Lipinski definition) is 3. The first-order valence-electron chi connectivity index (χ1n) is 4.96. The highest BCUT2D eigenvalue weighted by Crippen LogP contribution is 2.20. The van der Waals surface area contributed by atoms with Gasteiger partial charge in [0.1, 0.15) is 6.04 Å². The Labute approximate surface area is 84.2 Å². The molecule has 0 aromatic heterocycles. The van der Waals surface area contributed by atoms with Gasteiger partial charge in [-0.2, -0.15) is 0 Å². The highest BCUT2D eigenvalue weighted by molar-refractivity contribution is 5.86. The number of rotatable bonds is 2. The van der Waals surface area contributed by atoms with Crippen LogP contribution in [0.2, 0.25) is 0 Å². The molecule has 0 aliphatic carbocycles. The lowest BCUT2D eigenvalue weighted by Crippen LogP contribution is -2.42. The molecule has 1 unspecified atom stereocenters. The zero-order valence-electron chi connectivity index (χ0n) is 8.95. The number of likely N-dealkylation sites (tertiary alicyclic amines) is 1. The molecule has 1 amide bonds. The molecule has 4 nitrogen and oxygen atoms in total. The quantitative estimate of drug-likeness (QED) is 0.618. The van der Waals surface area contributed by atoms with Gasteiger partial charge in [-0.05, 0) is 12.8 Å². The van der Waals surface area contributed by atoms with Gasteiger partial charge in [-0.1, -0.05) is 13.8 Å². The molecule has 1 aliphatic heterocycles. The van der Waals surface area contributed by atoms with Gasteiger partial charge in [-0.25, -0.2) is 4.79 Å². The van der Waals surface area contributed by atoms with Gasteiger partial charge in [0.25, 0.3) is 0 Å². The molecule has 0 bridgehead atoms. The van der Waals surface area contributed by atoms with E-state index in [-0.39, 0.29) is 23.8 Å². The van der Waals surface area contributed by atoms with Gasteiger partial charge < -0.3 is 9.64 Å². The number of nitrogens with zero attached hydrogens (tertiary/aromatic N) is 1. The second kappa shape index (κ2) is 4.44. The van der Waals surface area contributed by atoms with Crippen LogP contribution in [0, 0.1) is 5.92 Å². The predicted octanol–water partition coefficient (Wildman–Crippen LogP) is 0.806. The molecule has 0 aromatic carbocycles. The standard InChI is InChI=1S/C10H17NO3/c1-7(2)9(12)11-6-4-5-8(11)10(13)14-3/h7-8H,4-6H2,1-3H3. The fraction of sp³-hybridized carbons (Fsp3) is 0.800. The summed E-state index contributed by atoms with van der Waals surface area (Å²) in [5.74, 6) is -0.311. The summed E-state index contributed by atoms with van der Waals surface area (Å²) < 4.78 is 4.66. The van der Waals surface area contributed by atoms with Crippen LogP contribution in [0.15, 0.2) is 0 Å². The summed E-state index contributed by atoms with van der Waals surface area (Å²) in [6.07, 6.45) is 1.61. The minimum absolute atomic E-state index is 0.0397. The predicted molar refractivity (Wildman–Crippen MR) is 51.6 cm³/mol. The molecule has 0 N–H and O–H groups in total. The third-order valence-corrected chi connectivity index (χ3v) is 2.50. The normalized spacial score (nSPS) is 21.4. The molecular formula is C10H17NO3. The Bertz CT molecular complexity index is 238. The molecule has 1 saturated heterocycles. The van der Waals surface area contributed by atoms with Gasteiger partial charge in [0.15, 0.2) is 0 Å². The lowest BCUT2D eigenvalue weighted by molar-refractivity contribution is -0.152. The van der Waals surface area contributed by atoms with Crippen LogP contribution >= 0.6 is 0 Å². The minimum atomic E-state index is -0.352. The van der Waals surface area contributed by atoms with Crippen molar-refractivity contribution in [3.05, 3.63) is 0 Å². The Kier molecular flexibility index (Phi) is 3.49. The van der Waals surface area contributed by atoms with Crippen molar-refractivity contribution in [1.29, 1.82) is 0 Å². The number of carbonyl (C=O) groups is 2. The van der Waals surface area contributed by atoms with E-state index in [0.29, 0.717) is 6.54 Å². The molecule has 0 saturated carbocycles. The summed E-state index contributed by atoms with van der Waals surface area (Å²) in [6, 6.07) is -0.352. The number of esters is 1. The SMILES string of the molecule is COC(=O)C1CCCN1C(=O)C(C)C. The van der Waals surface area contributed by atoms with Crippen molar-refractivity contribution < 1.29 is 14.3 Å². The van der Waals surface area contributed by atoms with Gasteiger partial charge in [-0.3, -0.25) is 4.79 Å². The largest absolute Gasteiger partial charge is 0.467 e. The molecule has 0 aromatic rings. The average molecular weight is 199 g/mol. The van der Waals surface area contributed by atoms with Crippen molar-refractivity contribution in [2.24, 2.45) is 5.92 Å². The second-order valence-electron chi connectivity index (χ2n) is 3.87. The first-order valence-corrected chi connectivity index (χ1v) is 4.96. The van der Waals surface area contributed by atoms with E-state index in [2.05, 4.69) is 4.74 Å². The summed E-state index contributed by atoms with van der Waals surface area (Å²) in [4.78, 5) is 24.7. The maximum atomic E-state index is 11.7. The van der Waals surface area contributed by atoms with Crippen LogP contribution in [0.5, 0.6) is 0 Å². The number of ether oxygens (including phenoxy) is 1. The molecular weight excluding hydrogens is 182 g/mol. The van der Waals surface area contributed by atoms with E-state index >= 15 is 0 Å². The van der Waals surface area contributed by atoms with E-state index in [1.54, 1.807) is 4.90 Å². The summed E-state index contributed by atoms with van der Waals surface area (Å²) in [5, 5.41) is 0. The number of carbonyl (C=O) groups excluding carboxylic acids is 2. The van der Waals surface area contributed by atoms with Gasteiger partial charge in [0, 0.05) is 12.5 Å². The molecule has 1 fully saturated rings. The van der Waals surface area contributed by atoms with Crippen molar-refractivity contribution in [3.8, 4) is 0 Å². The molecule has 0 radical (unpaired) electrons.